The third kappa shape index (κ3) is 3.55. The van der Waals surface area contributed by atoms with Crippen LogP contribution in [0.5, 0.6) is 0 Å². The fourth-order valence-corrected chi connectivity index (χ4v) is 1.05. The highest BCUT2D eigenvalue weighted by atomic mass is 16.3. The van der Waals surface area contributed by atoms with Gasteiger partial charge in [0, 0.05) is 5.57 Å². The van der Waals surface area contributed by atoms with Crippen molar-refractivity contribution in [2.75, 3.05) is 0 Å². The molecule has 0 radical (unpaired) electrons. The number of Topliss-reactive ketones (excluding diaryl/α,β-unsaturated/α-hetero) is 1. The maximum absolute atomic E-state index is 10.9. The SMILES string of the molecule is CC(=O)C(C)=C=CC(O)c1ccccc1. The standard InChI is InChI=1S/C13H14O2/c1-10(11(2)14)8-9-13(15)12-6-4-3-5-7-12/h3-7,9,13,15H,1-2H3. The van der Waals surface area contributed by atoms with Gasteiger partial charge in [-0.15, -0.1) is 5.73 Å². The van der Waals surface area contributed by atoms with E-state index in [4.69, 9.17) is 0 Å². The summed E-state index contributed by atoms with van der Waals surface area (Å²) in [6, 6.07) is 9.25. The molecule has 2 nitrogen and oxygen atoms in total. The van der Waals surface area contributed by atoms with Crippen LogP contribution in [-0.4, -0.2) is 10.9 Å². The van der Waals surface area contributed by atoms with Crippen LogP contribution in [-0.2, 0) is 4.79 Å². The van der Waals surface area contributed by atoms with E-state index in [1.165, 1.54) is 13.0 Å². The van der Waals surface area contributed by atoms with E-state index in [9.17, 15) is 9.90 Å². The molecule has 0 saturated heterocycles. The summed E-state index contributed by atoms with van der Waals surface area (Å²) in [5, 5.41) is 9.71. The van der Waals surface area contributed by atoms with E-state index in [0.717, 1.165) is 5.56 Å². The molecule has 0 aliphatic rings. The van der Waals surface area contributed by atoms with Crippen LogP contribution < -0.4 is 0 Å². The second-order valence-corrected chi connectivity index (χ2v) is 3.35. The Morgan fingerprint density at radius 1 is 1.33 bits per heavy atom. The fraction of sp³-hybridized carbons (Fsp3) is 0.231. The Bertz CT molecular complexity index is 398. The van der Waals surface area contributed by atoms with Gasteiger partial charge in [-0.3, -0.25) is 4.79 Å². The first-order valence-corrected chi connectivity index (χ1v) is 4.78. The molecule has 0 spiro atoms. The van der Waals surface area contributed by atoms with E-state index in [1.807, 2.05) is 30.3 Å². The largest absolute Gasteiger partial charge is 0.384 e. The van der Waals surface area contributed by atoms with E-state index >= 15 is 0 Å². The van der Waals surface area contributed by atoms with Crippen LogP contribution in [0.3, 0.4) is 0 Å². The summed E-state index contributed by atoms with van der Waals surface area (Å²) in [5.74, 6) is -0.0356. The predicted molar refractivity (Wildman–Crippen MR) is 59.4 cm³/mol. The van der Waals surface area contributed by atoms with Gasteiger partial charge < -0.3 is 5.11 Å². The monoisotopic (exact) mass is 202 g/mol. The minimum atomic E-state index is -0.708. The van der Waals surface area contributed by atoms with Crippen molar-refractivity contribution in [1.82, 2.24) is 0 Å². The van der Waals surface area contributed by atoms with Gasteiger partial charge in [0.1, 0.15) is 6.10 Å². The first-order chi connectivity index (χ1) is 7.11. The van der Waals surface area contributed by atoms with Crippen LogP contribution in [0, 0.1) is 0 Å². The van der Waals surface area contributed by atoms with E-state index < -0.39 is 6.10 Å². The molecule has 0 aliphatic heterocycles. The van der Waals surface area contributed by atoms with Crippen molar-refractivity contribution in [3.63, 3.8) is 0 Å². The highest BCUT2D eigenvalue weighted by Gasteiger charge is 2.01. The molecule has 0 bridgehead atoms. The average Bonchev–Trinajstić information content (AvgIpc) is 2.26. The van der Waals surface area contributed by atoms with Crippen LogP contribution >= 0.6 is 0 Å². The molecule has 78 valence electrons. The van der Waals surface area contributed by atoms with Gasteiger partial charge in [0.25, 0.3) is 0 Å². The van der Waals surface area contributed by atoms with E-state index in [0.29, 0.717) is 5.57 Å². The van der Waals surface area contributed by atoms with E-state index in [1.54, 1.807) is 6.92 Å². The van der Waals surface area contributed by atoms with Gasteiger partial charge in [-0.05, 0) is 25.5 Å². The second-order valence-electron chi connectivity index (χ2n) is 3.35. The maximum Gasteiger partial charge on any atom is 0.163 e. The number of hydrogen-bond acceptors (Lipinski definition) is 2. The zero-order valence-corrected chi connectivity index (χ0v) is 8.90. The molecule has 1 unspecified atom stereocenters. The van der Waals surface area contributed by atoms with Gasteiger partial charge in [-0.1, -0.05) is 30.3 Å². The Labute approximate surface area is 89.6 Å². The summed E-state index contributed by atoms with van der Waals surface area (Å²) in [4.78, 5) is 10.9. The van der Waals surface area contributed by atoms with Crippen molar-refractivity contribution < 1.29 is 9.90 Å². The van der Waals surface area contributed by atoms with Crippen LogP contribution in [0.25, 0.3) is 0 Å². The lowest BCUT2D eigenvalue weighted by Gasteiger charge is -2.03. The van der Waals surface area contributed by atoms with E-state index in [2.05, 4.69) is 5.73 Å². The number of carbonyl (C=O) groups is 1. The summed E-state index contributed by atoms with van der Waals surface area (Å²) < 4.78 is 0. The minimum absolute atomic E-state index is 0.0356. The molecule has 1 N–H and O–H groups in total. The quantitative estimate of drug-likeness (QED) is 0.603. The van der Waals surface area contributed by atoms with Gasteiger partial charge in [0.2, 0.25) is 0 Å². The summed E-state index contributed by atoms with van der Waals surface area (Å²) in [5.41, 5.74) is 4.08. The Morgan fingerprint density at radius 3 is 2.47 bits per heavy atom. The average molecular weight is 202 g/mol. The summed E-state index contributed by atoms with van der Waals surface area (Å²) in [6.45, 7) is 3.15. The number of aliphatic hydroxyl groups is 1. The molecule has 15 heavy (non-hydrogen) atoms. The van der Waals surface area contributed by atoms with Crippen molar-refractivity contribution in [1.29, 1.82) is 0 Å². The zero-order chi connectivity index (χ0) is 11.3. The lowest BCUT2D eigenvalue weighted by atomic mass is 10.1. The van der Waals surface area contributed by atoms with Crippen LogP contribution in [0.2, 0.25) is 0 Å². The van der Waals surface area contributed by atoms with Gasteiger partial charge >= 0.3 is 0 Å². The fourth-order valence-electron chi connectivity index (χ4n) is 1.05. The van der Waals surface area contributed by atoms with E-state index in [-0.39, 0.29) is 5.78 Å². The summed E-state index contributed by atoms with van der Waals surface area (Å²) >= 11 is 0. The van der Waals surface area contributed by atoms with Crippen molar-refractivity contribution >= 4 is 5.78 Å². The Kier molecular flexibility index (Phi) is 4.04. The smallest absolute Gasteiger partial charge is 0.163 e. The molecule has 1 atom stereocenters. The van der Waals surface area contributed by atoms with Gasteiger partial charge in [0.05, 0.1) is 0 Å². The molecule has 0 aromatic heterocycles. The van der Waals surface area contributed by atoms with Crippen LogP contribution in [0.4, 0.5) is 0 Å². The van der Waals surface area contributed by atoms with Crippen molar-refractivity contribution in [3.8, 4) is 0 Å². The highest BCUT2D eigenvalue weighted by Crippen LogP contribution is 2.12. The van der Waals surface area contributed by atoms with Crippen molar-refractivity contribution in [3.05, 3.63) is 53.3 Å². The van der Waals surface area contributed by atoms with Crippen molar-refractivity contribution in [2.24, 2.45) is 0 Å². The number of hydrogen-bond donors (Lipinski definition) is 1. The molecule has 0 heterocycles. The number of rotatable bonds is 3. The Hall–Kier alpha value is -1.63. The Balaban J connectivity index is 2.85. The van der Waals surface area contributed by atoms with Gasteiger partial charge in [0.15, 0.2) is 5.78 Å². The third-order valence-corrected chi connectivity index (χ3v) is 2.13. The predicted octanol–water partition coefficient (Wildman–Crippen LogP) is 2.41. The number of aliphatic hydroxyl groups excluding tert-OH is 1. The molecular formula is C13H14O2. The first kappa shape index (κ1) is 11.4. The molecule has 1 aromatic carbocycles. The topological polar surface area (TPSA) is 37.3 Å². The normalized spacial score (nSPS) is 11.4. The first-order valence-electron chi connectivity index (χ1n) is 4.78. The lowest BCUT2D eigenvalue weighted by Crippen LogP contribution is -1.93. The second kappa shape index (κ2) is 5.30. The summed E-state index contributed by atoms with van der Waals surface area (Å²) in [7, 11) is 0. The lowest BCUT2D eigenvalue weighted by molar-refractivity contribution is -0.113. The number of benzene rings is 1. The maximum atomic E-state index is 10.9. The van der Waals surface area contributed by atoms with Gasteiger partial charge in [-0.25, -0.2) is 0 Å². The Morgan fingerprint density at radius 2 is 1.93 bits per heavy atom. The van der Waals surface area contributed by atoms with Crippen LogP contribution in [0.1, 0.15) is 25.5 Å². The highest BCUT2D eigenvalue weighted by molar-refractivity contribution is 5.92. The molecular weight excluding hydrogens is 188 g/mol. The molecule has 2 heteroatoms. The molecule has 0 amide bonds. The zero-order valence-electron chi connectivity index (χ0n) is 8.90. The molecule has 1 rings (SSSR count). The third-order valence-electron chi connectivity index (χ3n) is 2.13. The van der Waals surface area contributed by atoms with Gasteiger partial charge in [-0.2, -0.15) is 0 Å². The van der Waals surface area contributed by atoms with Crippen molar-refractivity contribution in [2.45, 2.75) is 20.0 Å². The number of carbonyl (C=O) groups excluding carboxylic acids is 1. The molecule has 1 aromatic rings. The van der Waals surface area contributed by atoms with Crippen LogP contribution in [0.15, 0.2) is 47.7 Å². The minimum Gasteiger partial charge on any atom is -0.384 e. The molecule has 0 fully saturated rings. The number of ketones is 1. The molecule has 0 saturated carbocycles. The summed E-state index contributed by atoms with van der Waals surface area (Å²) in [6.07, 6.45) is 0.784. The molecule has 0 aliphatic carbocycles.